The summed E-state index contributed by atoms with van der Waals surface area (Å²) in [7, 11) is 0. The monoisotopic (exact) mass is 440 g/mol. The van der Waals surface area contributed by atoms with Crippen LogP contribution in [0.15, 0.2) is 60.7 Å². The summed E-state index contributed by atoms with van der Waals surface area (Å²) in [6, 6.07) is 18.0. The molecule has 6 nitrogen and oxygen atoms in total. The zero-order valence-corrected chi connectivity index (χ0v) is 17.3. The first kappa shape index (κ1) is 20.1. The number of rotatable bonds is 7. The summed E-state index contributed by atoms with van der Waals surface area (Å²) in [5, 5.41) is 4.37. The summed E-state index contributed by atoms with van der Waals surface area (Å²) < 4.78 is 5.96. The molecule has 30 heavy (non-hydrogen) atoms. The van der Waals surface area contributed by atoms with Gasteiger partial charge in [-0.3, -0.25) is 4.79 Å². The van der Waals surface area contributed by atoms with Crippen molar-refractivity contribution in [3.8, 4) is 5.75 Å². The van der Waals surface area contributed by atoms with E-state index in [1.165, 1.54) is 0 Å². The number of para-hydroxylation sites is 2. The standard InChI is InChI=1S/C22H18Cl2N4O2/c23-15-7-5-14(16(24)10-15)11-26-19-9-13(22(25)29)6-8-20(19)30-12-21-27-17-3-1-2-4-18(17)28-21/h1-10,26H,11-12H2,(H2,25,29)(H,27,28). The largest absolute Gasteiger partial charge is 0.484 e. The third kappa shape index (κ3) is 4.50. The van der Waals surface area contributed by atoms with Crippen LogP contribution in [0.4, 0.5) is 5.69 Å². The van der Waals surface area contributed by atoms with Crippen LogP contribution in [0.25, 0.3) is 11.0 Å². The smallest absolute Gasteiger partial charge is 0.248 e. The number of nitrogens with two attached hydrogens (primary N) is 1. The molecule has 4 N–H and O–H groups in total. The van der Waals surface area contributed by atoms with E-state index in [-0.39, 0.29) is 6.61 Å². The van der Waals surface area contributed by atoms with Gasteiger partial charge in [0, 0.05) is 22.2 Å². The van der Waals surface area contributed by atoms with Gasteiger partial charge in [-0.2, -0.15) is 0 Å². The number of ether oxygens (including phenoxy) is 1. The van der Waals surface area contributed by atoms with Crippen molar-refractivity contribution in [1.29, 1.82) is 0 Å². The average Bonchev–Trinajstić information content (AvgIpc) is 3.15. The van der Waals surface area contributed by atoms with Gasteiger partial charge in [0.2, 0.25) is 5.91 Å². The number of hydrogen-bond acceptors (Lipinski definition) is 4. The minimum Gasteiger partial charge on any atom is -0.484 e. The minimum atomic E-state index is -0.522. The van der Waals surface area contributed by atoms with Gasteiger partial charge in [-0.25, -0.2) is 4.98 Å². The van der Waals surface area contributed by atoms with Gasteiger partial charge < -0.3 is 20.8 Å². The lowest BCUT2D eigenvalue weighted by Crippen LogP contribution is -2.12. The summed E-state index contributed by atoms with van der Waals surface area (Å²) in [6.45, 7) is 0.653. The lowest BCUT2D eigenvalue weighted by Gasteiger charge is -2.14. The van der Waals surface area contributed by atoms with Crippen molar-refractivity contribution in [1.82, 2.24) is 9.97 Å². The minimum absolute atomic E-state index is 0.237. The third-order valence-corrected chi connectivity index (χ3v) is 5.14. The molecule has 0 aliphatic carbocycles. The second-order valence-electron chi connectivity index (χ2n) is 6.65. The van der Waals surface area contributed by atoms with Gasteiger partial charge in [-0.1, -0.05) is 41.4 Å². The molecule has 0 fully saturated rings. The molecule has 152 valence electrons. The zero-order chi connectivity index (χ0) is 21.1. The topological polar surface area (TPSA) is 93.0 Å². The number of primary amides is 1. The average molecular weight is 441 g/mol. The van der Waals surface area contributed by atoms with Crippen LogP contribution < -0.4 is 15.8 Å². The van der Waals surface area contributed by atoms with Crippen LogP contribution >= 0.6 is 23.2 Å². The molecular formula is C22H18Cl2N4O2. The molecule has 0 radical (unpaired) electrons. The lowest BCUT2D eigenvalue weighted by molar-refractivity contribution is 0.100. The second kappa shape index (κ2) is 8.65. The number of imidazole rings is 1. The maximum atomic E-state index is 11.6. The van der Waals surface area contributed by atoms with Gasteiger partial charge >= 0.3 is 0 Å². The molecule has 0 atom stereocenters. The van der Waals surface area contributed by atoms with Gasteiger partial charge in [0.15, 0.2) is 0 Å². The highest BCUT2D eigenvalue weighted by molar-refractivity contribution is 6.35. The Kier molecular flexibility index (Phi) is 5.79. The molecule has 4 rings (SSSR count). The van der Waals surface area contributed by atoms with Crippen molar-refractivity contribution in [3.63, 3.8) is 0 Å². The molecule has 0 aliphatic heterocycles. The number of benzene rings is 3. The number of amides is 1. The number of H-pyrrole nitrogens is 1. The van der Waals surface area contributed by atoms with Crippen molar-refractivity contribution in [2.75, 3.05) is 5.32 Å². The molecule has 4 aromatic rings. The quantitative estimate of drug-likeness (QED) is 0.369. The molecule has 0 spiro atoms. The number of nitrogens with one attached hydrogen (secondary N) is 2. The lowest BCUT2D eigenvalue weighted by atomic mass is 10.1. The number of aromatic nitrogens is 2. The van der Waals surface area contributed by atoms with Gasteiger partial charge in [-0.05, 0) is 48.0 Å². The summed E-state index contributed by atoms with van der Waals surface area (Å²) in [5.74, 6) is 0.735. The molecule has 8 heteroatoms. The normalized spacial score (nSPS) is 10.9. The van der Waals surface area contributed by atoms with Gasteiger partial charge in [0.1, 0.15) is 18.2 Å². The Balaban J connectivity index is 1.54. The van der Waals surface area contributed by atoms with E-state index >= 15 is 0 Å². The van der Waals surface area contributed by atoms with E-state index in [1.54, 1.807) is 30.3 Å². The number of hydrogen-bond donors (Lipinski definition) is 3. The molecule has 0 saturated heterocycles. The number of aromatic amines is 1. The summed E-state index contributed by atoms with van der Waals surface area (Å²) in [6.07, 6.45) is 0. The Morgan fingerprint density at radius 1 is 1.10 bits per heavy atom. The molecule has 0 saturated carbocycles. The molecule has 1 aromatic heterocycles. The molecule has 1 amide bonds. The van der Waals surface area contributed by atoms with E-state index in [0.717, 1.165) is 16.6 Å². The molecule has 3 aromatic carbocycles. The van der Waals surface area contributed by atoms with Crippen molar-refractivity contribution < 1.29 is 9.53 Å². The van der Waals surface area contributed by atoms with E-state index in [1.807, 2.05) is 30.3 Å². The van der Waals surface area contributed by atoms with Crippen LogP contribution in [0.1, 0.15) is 21.7 Å². The first-order valence-electron chi connectivity index (χ1n) is 9.17. The Labute approximate surface area is 183 Å². The Bertz CT molecular complexity index is 1190. The van der Waals surface area contributed by atoms with E-state index in [2.05, 4.69) is 15.3 Å². The van der Waals surface area contributed by atoms with E-state index in [4.69, 9.17) is 33.7 Å². The van der Waals surface area contributed by atoms with Crippen LogP contribution in [0.3, 0.4) is 0 Å². The van der Waals surface area contributed by atoms with Crippen LogP contribution in [0.2, 0.25) is 10.0 Å². The predicted octanol–water partition coefficient (Wildman–Crippen LogP) is 5.16. The van der Waals surface area contributed by atoms with E-state index < -0.39 is 5.91 Å². The molecule has 0 aliphatic rings. The number of halogens is 2. The Morgan fingerprint density at radius 2 is 1.93 bits per heavy atom. The highest BCUT2D eigenvalue weighted by Crippen LogP contribution is 2.29. The van der Waals surface area contributed by atoms with Gasteiger partial charge in [-0.15, -0.1) is 0 Å². The molecule has 1 heterocycles. The summed E-state index contributed by atoms with van der Waals surface area (Å²) >= 11 is 12.2. The fourth-order valence-electron chi connectivity index (χ4n) is 3.02. The molecule has 0 bridgehead atoms. The number of carbonyl (C=O) groups is 1. The summed E-state index contributed by atoms with van der Waals surface area (Å²) in [5.41, 5.74) is 9.09. The maximum absolute atomic E-state index is 11.6. The van der Waals surface area contributed by atoms with Gasteiger partial charge in [0.05, 0.1) is 16.7 Å². The predicted molar refractivity (Wildman–Crippen MR) is 119 cm³/mol. The number of carbonyl (C=O) groups excluding carboxylic acids is 1. The molecular weight excluding hydrogens is 423 g/mol. The third-order valence-electron chi connectivity index (χ3n) is 4.55. The maximum Gasteiger partial charge on any atom is 0.248 e. The summed E-state index contributed by atoms with van der Waals surface area (Å²) in [4.78, 5) is 19.3. The van der Waals surface area contributed by atoms with Crippen LogP contribution in [-0.2, 0) is 13.2 Å². The fraction of sp³-hybridized carbons (Fsp3) is 0.0909. The second-order valence-corrected chi connectivity index (χ2v) is 7.50. The molecule has 0 unspecified atom stereocenters. The fourth-order valence-corrected chi connectivity index (χ4v) is 3.50. The number of anilines is 1. The van der Waals surface area contributed by atoms with Crippen molar-refractivity contribution in [3.05, 3.63) is 87.7 Å². The number of fused-ring (bicyclic) bond motifs is 1. The highest BCUT2D eigenvalue weighted by atomic mass is 35.5. The van der Waals surface area contributed by atoms with Crippen LogP contribution in [-0.4, -0.2) is 15.9 Å². The van der Waals surface area contributed by atoms with Crippen LogP contribution in [0.5, 0.6) is 5.75 Å². The van der Waals surface area contributed by atoms with Crippen LogP contribution in [0, 0.1) is 0 Å². The first-order chi connectivity index (χ1) is 14.5. The Morgan fingerprint density at radius 3 is 2.70 bits per heavy atom. The van der Waals surface area contributed by atoms with Crippen molar-refractivity contribution in [2.45, 2.75) is 13.2 Å². The van der Waals surface area contributed by atoms with E-state index in [0.29, 0.717) is 39.4 Å². The number of nitrogens with zero attached hydrogens (tertiary/aromatic N) is 1. The van der Waals surface area contributed by atoms with Crippen molar-refractivity contribution in [2.24, 2.45) is 5.73 Å². The van der Waals surface area contributed by atoms with E-state index in [9.17, 15) is 4.79 Å². The van der Waals surface area contributed by atoms with Crippen molar-refractivity contribution >= 4 is 45.8 Å². The Hall–Kier alpha value is -3.22. The highest BCUT2D eigenvalue weighted by Gasteiger charge is 2.11. The SMILES string of the molecule is NC(=O)c1ccc(OCc2nc3ccccc3[nH]2)c(NCc2ccc(Cl)cc2Cl)c1. The van der Waals surface area contributed by atoms with Gasteiger partial charge in [0.25, 0.3) is 0 Å². The zero-order valence-electron chi connectivity index (χ0n) is 15.8. The first-order valence-corrected chi connectivity index (χ1v) is 9.93.